The summed E-state index contributed by atoms with van der Waals surface area (Å²) in [7, 11) is 0. The summed E-state index contributed by atoms with van der Waals surface area (Å²) in [5.74, 6) is 1.08. The maximum atomic E-state index is 12.2. The summed E-state index contributed by atoms with van der Waals surface area (Å²) in [5.41, 5.74) is 1.18. The predicted octanol–water partition coefficient (Wildman–Crippen LogP) is 3.56. The van der Waals surface area contributed by atoms with Crippen molar-refractivity contribution in [2.75, 3.05) is 32.4 Å². The highest BCUT2D eigenvalue weighted by atomic mass is 35.5. The van der Waals surface area contributed by atoms with Gasteiger partial charge in [-0.2, -0.15) is 11.8 Å². The van der Waals surface area contributed by atoms with Gasteiger partial charge in [-0.25, -0.2) is 0 Å². The third kappa shape index (κ3) is 6.61. The molecule has 5 nitrogen and oxygen atoms in total. The van der Waals surface area contributed by atoms with Gasteiger partial charge in [0.2, 0.25) is 5.91 Å². The van der Waals surface area contributed by atoms with Gasteiger partial charge in [-0.05, 0) is 37.3 Å². The average molecular weight is 411 g/mol. The van der Waals surface area contributed by atoms with E-state index in [9.17, 15) is 4.79 Å². The number of carbonyl (C=O) groups excluding carboxylic acids is 1. The van der Waals surface area contributed by atoms with E-state index in [1.165, 1.54) is 5.56 Å². The molecule has 7 heteroatoms. The number of rotatable bonds is 7. The Morgan fingerprint density at radius 2 is 2.22 bits per heavy atom. The molecule has 0 aliphatic carbocycles. The standard InChI is InChI=1S/C20H31ClN4OS/c1-5-22-20(24-17-9-10-25(13-17)19(26)14(2)3)23-12-18(27-4)15-7-6-8-16(21)11-15/h6-8,11,14,17-18H,5,9-10,12-13H2,1-4H3,(H2,22,23,24). The van der Waals surface area contributed by atoms with Crippen LogP contribution in [0.3, 0.4) is 0 Å². The van der Waals surface area contributed by atoms with E-state index in [-0.39, 0.29) is 23.1 Å². The Morgan fingerprint density at radius 1 is 1.44 bits per heavy atom. The number of nitrogens with zero attached hydrogens (tertiary/aromatic N) is 2. The number of nitrogens with one attached hydrogen (secondary N) is 2. The number of amides is 1. The van der Waals surface area contributed by atoms with E-state index in [4.69, 9.17) is 16.6 Å². The van der Waals surface area contributed by atoms with Crippen molar-refractivity contribution < 1.29 is 4.79 Å². The van der Waals surface area contributed by atoms with Gasteiger partial charge >= 0.3 is 0 Å². The second-order valence-corrected chi connectivity index (χ2v) is 8.54. The zero-order chi connectivity index (χ0) is 19.8. The van der Waals surface area contributed by atoms with Gasteiger partial charge in [-0.3, -0.25) is 9.79 Å². The van der Waals surface area contributed by atoms with Crippen LogP contribution in [-0.4, -0.2) is 55.2 Å². The first kappa shape index (κ1) is 21.9. The number of benzene rings is 1. The molecule has 0 aromatic heterocycles. The summed E-state index contributed by atoms with van der Waals surface area (Å²) < 4.78 is 0. The van der Waals surface area contributed by atoms with Crippen LogP contribution >= 0.6 is 23.4 Å². The van der Waals surface area contributed by atoms with Gasteiger partial charge in [-0.1, -0.05) is 37.6 Å². The lowest BCUT2D eigenvalue weighted by Crippen LogP contribution is -2.45. The van der Waals surface area contributed by atoms with Crippen LogP contribution in [0, 0.1) is 5.92 Å². The molecule has 1 amide bonds. The summed E-state index contributed by atoms with van der Waals surface area (Å²) in [5, 5.41) is 7.81. The number of halogens is 1. The van der Waals surface area contributed by atoms with Gasteiger partial charge in [0.15, 0.2) is 5.96 Å². The number of carbonyl (C=O) groups is 1. The van der Waals surface area contributed by atoms with Crippen molar-refractivity contribution >= 4 is 35.2 Å². The minimum absolute atomic E-state index is 0.0469. The monoisotopic (exact) mass is 410 g/mol. The Bertz CT molecular complexity index is 653. The molecule has 1 fully saturated rings. The zero-order valence-electron chi connectivity index (χ0n) is 16.7. The van der Waals surface area contributed by atoms with Crippen LogP contribution in [-0.2, 0) is 4.79 Å². The Hall–Kier alpha value is -1.40. The fourth-order valence-electron chi connectivity index (χ4n) is 3.15. The smallest absolute Gasteiger partial charge is 0.225 e. The highest BCUT2D eigenvalue weighted by Gasteiger charge is 2.28. The van der Waals surface area contributed by atoms with Crippen molar-refractivity contribution in [1.82, 2.24) is 15.5 Å². The predicted molar refractivity (Wildman–Crippen MR) is 117 cm³/mol. The first-order valence-corrected chi connectivity index (χ1v) is 11.2. The maximum Gasteiger partial charge on any atom is 0.225 e. The molecular formula is C20H31ClN4OS. The molecule has 1 heterocycles. The summed E-state index contributed by atoms with van der Waals surface area (Å²) >= 11 is 7.90. The van der Waals surface area contributed by atoms with E-state index in [0.29, 0.717) is 6.54 Å². The second-order valence-electron chi connectivity index (χ2n) is 7.07. The van der Waals surface area contributed by atoms with Crippen LogP contribution in [0.15, 0.2) is 29.3 Å². The molecule has 1 aromatic rings. The molecule has 2 unspecified atom stereocenters. The molecule has 27 heavy (non-hydrogen) atoms. The van der Waals surface area contributed by atoms with E-state index in [1.807, 2.05) is 36.9 Å². The minimum atomic E-state index is 0.0469. The molecule has 2 rings (SSSR count). The molecule has 1 saturated heterocycles. The summed E-state index contributed by atoms with van der Waals surface area (Å²) in [4.78, 5) is 18.9. The molecule has 150 valence electrons. The highest BCUT2D eigenvalue weighted by Crippen LogP contribution is 2.28. The van der Waals surface area contributed by atoms with Crippen LogP contribution in [0.1, 0.15) is 38.0 Å². The second kappa shape index (κ2) is 10.8. The Kier molecular flexibility index (Phi) is 8.77. The van der Waals surface area contributed by atoms with Crippen molar-refractivity contribution in [3.63, 3.8) is 0 Å². The van der Waals surface area contributed by atoms with Gasteiger partial charge in [0.05, 0.1) is 6.54 Å². The lowest BCUT2D eigenvalue weighted by atomic mass is 10.1. The molecule has 1 aromatic carbocycles. The van der Waals surface area contributed by atoms with E-state index < -0.39 is 0 Å². The van der Waals surface area contributed by atoms with Crippen molar-refractivity contribution in [3.8, 4) is 0 Å². The maximum absolute atomic E-state index is 12.2. The van der Waals surface area contributed by atoms with Gasteiger partial charge < -0.3 is 15.5 Å². The fourth-order valence-corrected chi connectivity index (χ4v) is 3.99. The third-order valence-corrected chi connectivity index (χ3v) is 5.82. The van der Waals surface area contributed by atoms with Crippen LogP contribution < -0.4 is 10.6 Å². The lowest BCUT2D eigenvalue weighted by molar-refractivity contribution is -0.133. The third-order valence-electron chi connectivity index (χ3n) is 4.60. The van der Waals surface area contributed by atoms with Crippen molar-refractivity contribution in [2.24, 2.45) is 10.9 Å². The quantitative estimate of drug-likeness (QED) is 0.533. The average Bonchev–Trinajstić information content (AvgIpc) is 3.10. The Balaban J connectivity index is 1.98. The molecule has 0 saturated carbocycles. The molecule has 0 spiro atoms. The molecule has 2 atom stereocenters. The SMILES string of the molecule is CCNC(=NCC(SC)c1cccc(Cl)c1)NC1CCN(C(=O)C(C)C)C1. The fraction of sp³-hybridized carbons (Fsp3) is 0.600. The van der Waals surface area contributed by atoms with E-state index in [1.54, 1.807) is 11.8 Å². The topological polar surface area (TPSA) is 56.7 Å². The Morgan fingerprint density at radius 3 is 2.85 bits per heavy atom. The molecule has 1 aliphatic heterocycles. The van der Waals surface area contributed by atoms with Gasteiger partial charge in [0.25, 0.3) is 0 Å². The highest BCUT2D eigenvalue weighted by molar-refractivity contribution is 7.98. The number of hydrogen-bond donors (Lipinski definition) is 2. The summed E-state index contributed by atoms with van der Waals surface area (Å²) in [6.45, 7) is 8.97. The van der Waals surface area contributed by atoms with Gasteiger partial charge in [0, 0.05) is 41.9 Å². The number of guanidine groups is 1. The van der Waals surface area contributed by atoms with Crippen LogP contribution in [0.25, 0.3) is 0 Å². The van der Waals surface area contributed by atoms with Crippen LogP contribution in [0.5, 0.6) is 0 Å². The number of hydrogen-bond acceptors (Lipinski definition) is 3. The minimum Gasteiger partial charge on any atom is -0.357 e. The van der Waals surface area contributed by atoms with E-state index in [0.717, 1.165) is 37.0 Å². The first-order chi connectivity index (χ1) is 12.9. The van der Waals surface area contributed by atoms with Crippen molar-refractivity contribution in [3.05, 3.63) is 34.9 Å². The molecule has 0 bridgehead atoms. The number of aliphatic imine (C=N–C) groups is 1. The zero-order valence-corrected chi connectivity index (χ0v) is 18.2. The van der Waals surface area contributed by atoms with Crippen LogP contribution in [0.4, 0.5) is 0 Å². The molecular weight excluding hydrogens is 380 g/mol. The summed E-state index contributed by atoms with van der Waals surface area (Å²) in [6, 6.07) is 8.21. The lowest BCUT2D eigenvalue weighted by Gasteiger charge is -2.21. The number of likely N-dealkylation sites (tertiary alicyclic amines) is 1. The molecule has 1 aliphatic rings. The van der Waals surface area contributed by atoms with E-state index in [2.05, 4.69) is 29.9 Å². The first-order valence-electron chi connectivity index (χ1n) is 9.56. The Labute approximate surface area is 172 Å². The van der Waals surface area contributed by atoms with Crippen LogP contribution in [0.2, 0.25) is 5.02 Å². The summed E-state index contributed by atoms with van der Waals surface area (Å²) in [6.07, 6.45) is 3.04. The number of thioether (sulfide) groups is 1. The van der Waals surface area contributed by atoms with Gasteiger partial charge in [0.1, 0.15) is 0 Å². The van der Waals surface area contributed by atoms with E-state index >= 15 is 0 Å². The molecule has 2 N–H and O–H groups in total. The van der Waals surface area contributed by atoms with Crippen molar-refractivity contribution in [1.29, 1.82) is 0 Å². The normalized spacial score (nSPS) is 18.7. The largest absolute Gasteiger partial charge is 0.357 e. The van der Waals surface area contributed by atoms with Crippen molar-refractivity contribution in [2.45, 2.75) is 38.5 Å². The molecule has 0 radical (unpaired) electrons. The van der Waals surface area contributed by atoms with Gasteiger partial charge in [-0.15, -0.1) is 0 Å².